The number of ether oxygens (including phenoxy) is 1. The van der Waals surface area contributed by atoms with Crippen molar-refractivity contribution in [3.63, 3.8) is 0 Å². The molecule has 0 aliphatic carbocycles. The van der Waals surface area contributed by atoms with E-state index in [1.54, 1.807) is 36.1 Å². The largest absolute Gasteiger partial charge is 0.450 e. The summed E-state index contributed by atoms with van der Waals surface area (Å²) in [5, 5.41) is 11.9. The Morgan fingerprint density at radius 3 is 2.84 bits per heavy atom. The molecule has 8 heteroatoms. The molecule has 2 aromatic rings. The predicted molar refractivity (Wildman–Crippen MR) is 92.4 cm³/mol. The summed E-state index contributed by atoms with van der Waals surface area (Å²) in [6.45, 7) is 3.05. The van der Waals surface area contributed by atoms with E-state index in [0.717, 1.165) is 10.6 Å². The smallest absolute Gasteiger partial charge is 0.413 e. The maximum Gasteiger partial charge on any atom is 0.413 e. The highest BCUT2D eigenvalue weighted by Crippen LogP contribution is 2.29. The normalized spacial score (nSPS) is 12.9. The highest BCUT2D eigenvalue weighted by atomic mass is 32.1. The summed E-state index contributed by atoms with van der Waals surface area (Å²) in [4.78, 5) is 31.2. The Balaban J connectivity index is 1.70. The van der Waals surface area contributed by atoms with E-state index in [0.29, 0.717) is 42.4 Å². The standard InChI is InChI=1S/C17H16N4O3S/c1-2-24-17(23)20-16-19-13-7-8-21(10-14(13)25-16)15(22)12-5-3-11(9-18)4-6-12/h3-6H,2,7-8,10H2,1H3,(H,19,20,23). The number of thiazole rings is 1. The van der Waals surface area contributed by atoms with Gasteiger partial charge in [-0.1, -0.05) is 11.3 Å². The Morgan fingerprint density at radius 1 is 1.40 bits per heavy atom. The average Bonchev–Trinajstić information content (AvgIpc) is 3.02. The second-order valence-corrected chi connectivity index (χ2v) is 6.48. The molecule has 0 saturated heterocycles. The second kappa shape index (κ2) is 7.32. The fourth-order valence-corrected chi connectivity index (χ4v) is 3.56. The zero-order chi connectivity index (χ0) is 17.8. The molecule has 2 heterocycles. The lowest BCUT2D eigenvalue weighted by atomic mass is 10.1. The Bertz CT molecular complexity index is 839. The van der Waals surface area contributed by atoms with Gasteiger partial charge in [0.1, 0.15) is 0 Å². The highest BCUT2D eigenvalue weighted by Gasteiger charge is 2.25. The molecule has 0 bridgehead atoms. The first kappa shape index (κ1) is 16.9. The number of rotatable bonds is 3. The Hall–Kier alpha value is -2.92. The van der Waals surface area contributed by atoms with E-state index in [9.17, 15) is 9.59 Å². The quantitative estimate of drug-likeness (QED) is 0.912. The number of anilines is 1. The Morgan fingerprint density at radius 2 is 2.16 bits per heavy atom. The van der Waals surface area contributed by atoms with Crippen LogP contribution in [0.1, 0.15) is 33.4 Å². The lowest BCUT2D eigenvalue weighted by Crippen LogP contribution is -2.35. The third kappa shape index (κ3) is 3.78. The number of fused-ring (bicyclic) bond motifs is 1. The lowest BCUT2D eigenvalue weighted by Gasteiger charge is -2.26. The number of hydrogen-bond acceptors (Lipinski definition) is 6. The van der Waals surface area contributed by atoms with E-state index >= 15 is 0 Å². The molecule has 3 rings (SSSR count). The molecule has 1 aliphatic rings. The summed E-state index contributed by atoms with van der Waals surface area (Å²) < 4.78 is 4.84. The van der Waals surface area contributed by atoms with Crippen LogP contribution in [0.2, 0.25) is 0 Å². The zero-order valence-corrected chi connectivity index (χ0v) is 14.4. The summed E-state index contributed by atoms with van der Waals surface area (Å²) in [7, 11) is 0. The van der Waals surface area contributed by atoms with Gasteiger partial charge in [-0.05, 0) is 31.2 Å². The number of carbonyl (C=O) groups is 2. The van der Waals surface area contributed by atoms with Gasteiger partial charge in [0.05, 0.1) is 30.5 Å². The van der Waals surface area contributed by atoms with Crippen LogP contribution < -0.4 is 5.32 Å². The van der Waals surface area contributed by atoms with E-state index < -0.39 is 6.09 Å². The topological polar surface area (TPSA) is 95.3 Å². The molecular formula is C17H16N4O3S. The summed E-state index contributed by atoms with van der Waals surface area (Å²) >= 11 is 1.35. The molecular weight excluding hydrogens is 340 g/mol. The highest BCUT2D eigenvalue weighted by molar-refractivity contribution is 7.15. The molecule has 1 aromatic carbocycles. The van der Waals surface area contributed by atoms with Crippen LogP contribution in [0.15, 0.2) is 24.3 Å². The minimum Gasteiger partial charge on any atom is -0.450 e. The van der Waals surface area contributed by atoms with Crippen molar-refractivity contribution >= 4 is 28.5 Å². The van der Waals surface area contributed by atoms with Crippen LogP contribution in [0.3, 0.4) is 0 Å². The van der Waals surface area contributed by atoms with Crippen molar-refractivity contribution in [2.75, 3.05) is 18.5 Å². The molecule has 0 fully saturated rings. The van der Waals surface area contributed by atoms with Gasteiger partial charge >= 0.3 is 6.09 Å². The molecule has 0 unspecified atom stereocenters. The van der Waals surface area contributed by atoms with Crippen molar-refractivity contribution in [2.24, 2.45) is 0 Å². The molecule has 25 heavy (non-hydrogen) atoms. The molecule has 1 aliphatic heterocycles. The number of aromatic nitrogens is 1. The van der Waals surface area contributed by atoms with Crippen LogP contribution in [0.25, 0.3) is 0 Å². The maximum absolute atomic E-state index is 12.6. The molecule has 0 radical (unpaired) electrons. The first-order valence-electron chi connectivity index (χ1n) is 7.82. The maximum atomic E-state index is 12.6. The monoisotopic (exact) mass is 356 g/mol. The average molecular weight is 356 g/mol. The summed E-state index contributed by atoms with van der Waals surface area (Å²) in [6.07, 6.45) is 0.109. The Kier molecular flexibility index (Phi) is 4.95. The molecule has 1 aromatic heterocycles. The second-order valence-electron chi connectivity index (χ2n) is 5.40. The molecule has 1 N–H and O–H groups in total. The fraction of sp³-hybridized carbons (Fsp3) is 0.294. The minimum absolute atomic E-state index is 0.0801. The number of nitrogens with zero attached hydrogens (tertiary/aromatic N) is 3. The summed E-state index contributed by atoms with van der Waals surface area (Å²) in [5.41, 5.74) is 1.98. The van der Waals surface area contributed by atoms with Gasteiger partial charge in [0.15, 0.2) is 5.13 Å². The van der Waals surface area contributed by atoms with Crippen LogP contribution in [-0.4, -0.2) is 35.0 Å². The van der Waals surface area contributed by atoms with Gasteiger partial charge in [-0.2, -0.15) is 5.26 Å². The first-order valence-corrected chi connectivity index (χ1v) is 8.64. The number of carbonyl (C=O) groups excluding carboxylic acids is 2. The van der Waals surface area contributed by atoms with Crippen molar-refractivity contribution in [2.45, 2.75) is 19.9 Å². The fourth-order valence-electron chi connectivity index (χ4n) is 2.55. The SMILES string of the molecule is CCOC(=O)Nc1nc2c(s1)CN(C(=O)c1ccc(C#N)cc1)CC2. The van der Waals surface area contributed by atoms with Crippen LogP contribution in [0.5, 0.6) is 0 Å². The predicted octanol–water partition coefficient (Wildman–Crippen LogP) is 2.78. The molecule has 2 amide bonds. The number of nitrogens with one attached hydrogen (secondary N) is 1. The van der Waals surface area contributed by atoms with Gasteiger partial charge in [0, 0.05) is 23.4 Å². The van der Waals surface area contributed by atoms with Crippen molar-refractivity contribution < 1.29 is 14.3 Å². The van der Waals surface area contributed by atoms with Crippen molar-refractivity contribution in [3.8, 4) is 6.07 Å². The molecule has 0 spiro atoms. The van der Waals surface area contributed by atoms with Gasteiger partial charge in [-0.3, -0.25) is 10.1 Å². The van der Waals surface area contributed by atoms with Crippen molar-refractivity contribution in [1.29, 1.82) is 5.26 Å². The lowest BCUT2D eigenvalue weighted by molar-refractivity contribution is 0.0736. The number of benzene rings is 1. The van der Waals surface area contributed by atoms with E-state index in [2.05, 4.69) is 10.3 Å². The number of nitriles is 1. The summed E-state index contributed by atoms with van der Waals surface area (Å²) in [6, 6.07) is 8.63. The van der Waals surface area contributed by atoms with Crippen LogP contribution in [0, 0.1) is 11.3 Å². The molecule has 0 atom stereocenters. The van der Waals surface area contributed by atoms with Crippen LogP contribution >= 0.6 is 11.3 Å². The summed E-state index contributed by atoms with van der Waals surface area (Å²) in [5.74, 6) is -0.0801. The Labute approximate surface area is 148 Å². The van der Waals surface area contributed by atoms with Crippen LogP contribution in [0.4, 0.5) is 9.93 Å². The van der Waals surface area contributed by atoms with Gasteiger partial charge in [0.25, 0.3) is 5.91 Å². The van der Waals surface area contributed by atoms with E-state index in [4.69, 9.17) is 10.00 Å². The molecule has 7 nitrogen and oxygen atoms in total. The minimum atomic E-state index is -0.529. The third-order valence-electron chi connectivity index (χ3n) is 3.76. The number of hydrogen-bond donors (Lipinski definition) is 1. The van der Waals surface area contributed by atoms with E-state index in [-0.39, 0.29) is 5.91 Å². The number of amides is 2. The first-order chi connectivity index (χ1) is 12.1. The third-order valence-corrected chi connectivity index (χ3v) is 4.76. The van der Waals surface area contributed by atoms with Crippen molar-refractivity contribution in [3.05, 3.63) is 46.0 Å². The van der Waals surface area contributed by atoms with Gasteiger partial charge < -0.3 is 9.64 Å². The van der Waals surface area contributed by atoms with Gasteiger partial charge in [0.2, 0.25) is 0 Å². The van der Waals surface area contributed by atoms with Gasteiger partial charge in [-0.15, -0.1) is 0 Å². The molecule has 128 valence electrons. The van der Waals surface area contributed by atoms with E-state index in [1.165, 1.54) is 11.3 Å². The van der Waals surface area contributed by atoms with Crippen molar-refractivity contribution in [1.82, 2.24) is 9.88 Å². The van der Waals surface area contributed by atoms with Gasteiger partial charge in [-0.25, -0.2) is 9.78 Å². The zero-order valence-electron chi connectivity index (χ0n) is 13.6. The molecule has 0 saturated carbocycles. The van der Waals surface area contributed by atoms with E-state index in [1.807, 2.05) is 6.07 Å². The van der Waals surface area contributed by atoms with Crippen LogP contribution in [-0.2, 0) is 17.7 Å².